The molecule has 1 aromatic carbocycles. The lowest BCUT2D eigenvalue weighted by Crippen LogP contribution is -2.48. The van der Waals surface area contributed by atoms with Gasteiger partial charge in [0.05, 0.1) is 29.9 Å². The molecule has 0 spiro atoms. The monoisotopic (exact) mass is 534 g/mol. The summed E-state index contributed by atoms with van der Waals surface area (Å²) < 4.78 is 44.7. The number of amides is 2. The number of likely N-dealkylation sites (tertiary alicyclic amines) is 1. The standard InChI is InChI=1S/C27H33F3N4O4/c1-2-38-23-17-34(21-8-10-26(37,11-9-21)20-7-4-12-31-14-20)16-22(23)33-24(35)15-32-25(36)18-5-3-6-19(13-18)27(28,29)30/h3-7,12-14,21-23,37H,2,8-11,15-17H2,1H3,(H,32,36)(H,33,35)/t21?,22-,23+,26?/m0/s1. The number of aromatic nitrogens is 1. The number of pyridine rings is 1. The van der Waals surface area contributed by atoms with Crippen LogP contribution in [0.5, 0.6) is 0 Å². The number of alkyl halides is 3. The highest BCUT2D eigenvalue weighted by atomic mass is 19.4. The SMILES string of the molecule is CCO[C@@H]1CN(C2CCC(O)(c3cccnc3)CC2)C[C@@H]1NC(=O)CNC(=O)c1cccc(C(F)(F)F)c1. The summed E-state index contributed by atoms with van der Waals surface area (Å²) in [7, 11) is 0. The molecule has 2 amide bonds. The number of aliphatic hydroxyl groups is 1. The second-order valence-electron chi connectivity index (χ2n) is 9.89. The van der Waals surface area contributed by atoms with Gasteiger partial charge in [0.1, 0.15) is 0 Å². The maximum atomic E-state index is 12.9. The zero-order valence-electron chi connectivity index (χ0n) is 21.2. The third-order valence-electron chi connectivity index (χ3n) is 7.38. The number of benzene rings is 1. The molecule has 38 heavy (non-hydrogen) atoms. The summed E-state index contributed by atoms with van der Waals surface area (Å²) in [5, 5.41) is 16.4. The highest BCUT2D eigenvalue weighted by Crippen LogP contribution is 2.39. The Morgan fingerprint density at radius 2 is 1.95 bits per heavy atom. The van der Waals surface area contributed by atoms with Gasteiger partial charge in [0.15, 0.2) is 0 Å². The molecule has 0 unspecified atom stereocenters. The number of nitrogens with one attached hydrogen (secondary N) is 2. The quantitative estimate of drug-likeness (QED) is 0.481. The Bertz CT molecular complexity index is 1110. The molecule has 0 radical (unpaired) electrons. The maximum Gasteiger partial charge on any atom is 0.416 e. The van der Waals surface area contributed by atoms with Crippen molar-refractivity contribution in [3.05, 3.63) is 65.5 Å². The Morgan fingerprint density at radius 3 is 2.61 bits per heavy atom. The van der Waals surface area contributed by atoms with Crippen molar-refractivity contribution >= 4 is 11.8 Å². The first-order valence-corrected chi connectivity index (χ1v) is 12.8. The van der Waals surface area contributed by atoms with Crippen molar-refractivity contribution in [1.82, 2.24) is 20.5 Å². The zero-order valence-corrected chi connectivity index (χ0v) is 21.2. The van der Waals surface area contributed by atoms with Gasteiger partial charge in [-0.2, -0.15) is 13.2 Å². The molecule has 2 atom stereocenters. The van der Waals surface area contributed by atoms with Crippen LogP contribution in [0.1, 0.15) is 54.1 Å². The first-order chi connectivity index (χ1) is 18.1. The second-order valence-corrected chi connectivity index (χ2v) is 9.89. The predicted octanol–water partition coefficient (Wildman–Crippen LogP) is 2.87. The number of rotatable bonds is 8. The normalized spacial score (nSPS) is 26.2. The molecule has 0 bridgehead atoms. The minimum absolute atomic E-state index is 0.171. The van der Waals surface area contributed by atoms with E-state index < -0.39 is 29.2 Å². The molecule has 1 saturated carbocycles. The van der Waals surface area contributed by atoms with Gasteiger partial charge >= 0.3 is 6.18 Å². The average Bonchev–Trinajstić information content (AvgIpc) is 3.30. The van der Waals surface area contributed by atoms with Gasteiger partial charge in [0, 0.05) is 49.3 Å². The number of ether oxygens (including phenoxy) is 1. The number of hydrogen-bond acceptors (Lipinski definition) is 6. The molecular weight excluding hydrogens is 501 g/mol. The molecule has 2 aliphatic rings. The van der Waals surface area contributed by atoms with Crippen molar-refractivity contribution < 1.29 is 32.6 Å². The number of hydrogen-bond donors (Lipinski definition) is 3. The summed E-state index contributed by atoms with van der Waals surface area (Å²) in [6, 6.07) is 7.71. The van der Waals surface area contributed by atoms with Crippen molar-refractivity contribution in [2.45, 2.75) is 62.6 Å². The van der Waals surface area contributed by atoms with E-state index >= 15 is 0 Å². The van der Waals surface area contributed by atoms with Crippen molar-refractivity contribution in [3.63, 3.8) is 0 Å². The van der Waals surface area contributed by atoms with Crippen LogP contribution in [-0.4, -0.2) is 71.2 Å². The highest BCUT2D eigenvalue weighted by Gasteiger charge is 2.42. The lowest BCUT2D eigenvalue weighted by atomic mass is 9.78. The summed E-state index contributed by atoms with van der Waals surface area (Å²) in [6.45, 7) is 3.18. The van der Waals surface area contributed by atoms with Gasteiger partial charge in [-0.05, 0) is 56.9 Å². The minimum Gasteiger partial charge on any atom is -0.385 e. The fraction of sp³-hybridized carbons (Fsp3) is 0.519. The van der Waals surface area contributed by atoms with Crippen LogP contribution in [0.25, 0.3) is 0 Å². The molecule has 4 rings (SSSR count). The third-order valence-corrected chi connectivity index (χ3v) is 7.38. The van der Waals surface area contributed by atoms with Crippen LogP contribution in [0.3, 0.4) is 0 Å². The van der Waals surface area contributed by atoms with Crippen LogP contribution in [-0.2, 0) is 21.3 Å². The Balaban J connectivity index is 1.30. The van der Waals surface area contributed by atoms with Gasteiger partial charge < -0.3 is 20.5 Å². The first kappa shape index (κ1) is 28.0. The molecule has 11 heteroatoms. The van der Waals surface area contributed by atoms with Gasteiger partial charge in [0.2, 0.25) is 5.91 Å². The van der Waals surface area contributed by atoms with E-state index in [2.05, 4.69) is 20.5 Å². The van der Waals surface area contributed by atoms with E-state index in [1.807, 2.05) is 19.1 Å². The largest absolute Gasteiger partial charge is 0.416 e. The molecule has 2 fully saturated rings. The van der Waals surface area contributed by atoms with E-state index in [4.69, 9.17) is 4.74 Å². The molecule has 8 nitrogen and oxygen atoms in total. The smallest absolute Gasteiger partial charge is 0.385 e. The highest BCUT2D eigenvalue weighted by molar-refractivity contribution is 5.96. The lowest BCUT2D eigenvalue weighted by Gasteiger charge is -2.39. The van der Waals surface area contributed by atoms with Gasteiger partial charge in [-0.1, -0.05) is 12.1 Å². The van der Waals surface area contributed by atoms with Crippen LogP contribution in [0.4, 0.5) is 13.2 Å². The molecule has 2 heterocycles. The molecule has 206 valence electrons. The number of nitrogens with zero attached hydrogens (tertiary/aromatic N) is 2. The number of carbonyl (C=O) groups is 2. The Kier molecular flexibility index (Phi) is 8.69. The minimum atomic E-state index is -4.56. The van der Waals surface area contributed by atoms with Crippen molar-refractivity contribution in [1.29, 1.82) is 0 Å². The van der Waals surface area contributed by atoms with Crippen molar-refractivity contribution in [2.24, 2.45) is 0 Å². The maximum absolute atomic E-state index is 12.9. The van der Waals surface area contributed by atoms with Crippen LogP contribution >= 0.6 is 0 Å². The fourth-order valence-corrected chi connectivity index (χ4v) is 5.35. The van der Waals surface area contributed by atoms with Gasteiger partial charge in [-0.25, -0.2) is 0 Å². The lowest BCUT2D eigenvalue weighted by molar-refractivity contribution is -0.137. The summed E-state index contributed by atoms with van der Waals surface area (Å²) in [5.41, 5.74) is -1.17. The summed E-state index contributed by atoms with van der Waals surface area (Å²) >= 11 is 0. The van der Waals surface area contributed by atoms with E-state index in [1.165, 1.54) is 6.07 Å². The average molecular weight is 535 g/mol. The van der Waals surface area contributed by atoms with E-state index in [1.54, 1.807) is 12.4 Å². The predicted molar refractivity (Wildman–Crippen MR) is 133 cm³/mol. The number of carbonyl (C=O) groups excluding carboxylic acids is 2. The van der Waals surface area contributed by atoms with E-state index in [0.717, 1.165) is 36.6 Å². The summed E-state index contributed by atoms with van der Waals surface area (Å²) in [5.74, 6) is -1.21. The van der Waals surface area contributed by atoms with Crippen LogP contribution < -0.4 is 10.6 Å². The summed E-state index contributed by atoms with van der Waals surface area (Å²) in [6.07, 6.45) is 1.39. The van der Waals surface area contributed by atoms with Gasteiger partial charge in [-0.15, -0.1) is 0 Å². The molecule has 2 aromatic rings. The van der Waals surface area contributed by atoms with E-state index in [0.29, 0.717) is 32.5 Å². The molecular formula is C27H33F3N4O4. The van der Waals surface area contributed by atoms with Crippen LogP contribution in [0, 0.1) is 0 Å². The Labute approximate surface area is 219 Å². The molecule has 3 N–H and O–H groups in total. The fourth-order valence-electron chi connectivity index (χ4n) is 5.35. The third kappa shape index (κ3) is 6.69. The van der Waals surface area contributed by atoms with Crippen molar-refractivity contribution in [3.8, 4) is 0 Å². The zero-order chi connectivity index (χ0) is 27.3. The topological polar surface area (TPSA) is 104 Å². The van der Waals surface area contributed by atoms with Gasteiger partial charge in [0.25, 0.3) is 5.91 Å². The molecule has 1 aromatic heterocycles. The molecule has 1 aliphatic heterocycles. The van der Waals surface area contributed by atoms with Crippen LogP contribution in [0.15, 0.2) is 48.8 Å². The van der Waals surface area contributed by atoms with E-state index in [9.17, 15) is 27.9 Å². The molecule has 1 saturated heterocycles. The summed E-state index contributed by atoms with van der Waals surface area (Å²) in [4.78, 5) is 31.3. The Hall–Kier alpha value is -3.02. The van der Waals surface area contributed by atoms with Gasteiger partial charge in [-0.3, -0.25) is 19.5 Å². The first-order valence-electron chi connectivity index (χ1n) is 12.8. The number of halogens is 3. The van der Waals surface area contributed by atoms with Crippen LogP contribution in [0.2, 0.25) is 0 Å². The molecule has 1 aliphatic carbocycles. The Morgan fingerprint density at radius 1 is 1.18 bits per heavy atom. The van der Waals surface area contributed by atoms with E-state index in [-0.39, 0.29) is 30.3 Å². The van der Waals surface area contributed by atoms with Crippen molar-refractivity contribution in [2.75, 3.05) is 26.2 Å². The second kappa shape index (κ2) is 11.8.